The summed E-state index contributed by atoms with van der Waals surface area (Å²) in [6, 6.07) is 6.19. The smallest absolute Gasteiger partial charge is 0.227 e. The number of nitrogens with zero attached hydrogens (tertiary/aromatic N) is 3. The first-order valence-corrected chi connectivity index (χ1v) is 5.44. The summed E-state index contributed by atoms with van der Waals surface area (Å²) >= 11 is 0. The number of benzene rings is 1. The van der Waals surface area contributed by atoms with Crippen molar-refractivity contribution in [1.29, 1.82) is 5.26 Å². The first-order valence-electron chi connectivity index (χ1n) is 5.44. The lowest BCUT2D eigenvalue weighted by molar-refractivity contribution is 0.375. The van der Waals surface area contributed by atoms with Crippen molar-refractivity contribution in [3.63, 3.8) is 0 Å². The maximum absolute atomic E-state index is 13.1. The average molecular weight is 246 g/mol. The fourth-order valence-electron chi connectivity index (χ4n) is 1.55. The molecule has 1 N–H and O–H groups in total. The van der Waals surface area contributed by atoms with Gasteiger partial charge in [-0.05, 0) is 23.8 Å². The van der Waals surface area contributed by atoms with E-state index in [-0.39, 0.29) is 0 Å². The fourth-order valence-corrected chi connectivity index (χ4v) is 1.55. The van der Waals surface area contributed by atoms with Crippen LogP contribution >= 0.6 is 0 Å². The Morgan fingerprint density at radius 1 is 1.39 bits per heavy atom. The SMILES string of the molecule is N#Cc1cc(F)cc(CNCCc2ncno2)c1. The highest BCUT2D eigenvalue weighted by Gasteiger charge is 2.01. The van der Waals surface area contributed by atoms with Crippen LogP contribution in [-0.4, -0.2) is 16.7 Å². The summed E-state index contributed by atoms with van der Waals surface area (Å²) in [7, 11) is 0. The van der Waals surface area contributed by atoms with Crippen LogP contribution in [0.5, 0.6) is 0 Å². The second-order valence-corrected chi connectivity index (χ2v) is 3.72. The molecule has 2 rings (SSSR count). The molecule has 0 atom stereocenters. The first kappa shape index (κ1) is 12.2. The Labute approximate surface area is 103 Å². The highest BCUT2D eigenvalue weighted by molar-refractivity contribution is 5.33. The third-order valence-corrected chi connectivity index (χ3v) is 2.34. The van der Waals surface area contributed by atoms with Gasteiger partial charge in [0.15, 0.2) is 6.33 Å². The molecule has 0 unspecified atom stereocenters. The number of nitrogens with one attached hydrogen (secondary N) is 1. The Morgan fingerprint density at radius 2 is 2.28 bits per heavy atom. The summed E-state index contributed by atoms with van der Waals surface area (Å²) in [5.74, 6) is 0.155. The van der Waals surface area contributed by atoms with Gasteiger partial charge >= 0.3 is 0 Å². The summed E-state index contributed by atoms with van der Waals surface area (Å²) in [5.41, 5.74) is 1.06. The lowest BCUT2D eigenvalue weighted by Crippen LogP contribution is -2.17. The summed E-state index contributed by atoms with van der Waals surface area (Å²) in [4.78, 5) is 3.88. The molecule has 0 radical (unpaired) electrons. The molecule has 0 saturated heterocycles. The third kappa shape index (κ3) is 3.37. The number of nitriles is 1. The molecule has 1 heterocycles. The van der Waals surface area contributed by atoms with Crippen molar-refractivity contribution in [2.45, 2.75) is 13.0 Å². The van der Waals surface area contributed by atoms with E-state index in [1.165, 1.54) is 18.5 Å². The van der Waals surface area contributed by atoms with Crippen LogP contribution in [0, 0.1) is 17.1 Å². The summed E-state index contributed by atoms with van der Waals surface area (Å²) in [6.45, 7) is 1.13. The molecule has 0 bridgehead atoms. The summed E-state index contributed by atoms with van der Waals surface area (Å²) in [6.07, 6.45) is 1.96. The van der Waals surface area contributed by atoms with Gasteiger partial charge in [0.25, 0.3) is 0 Å². The van der Waals surface area contributed by atoms with Gasteiger partial charge in [0.2, 0.25) is 5.89 Å². The molecule has 18 heavy (non-hydrogen) atoms. The first-order chi connectivity index (χ1) is 8.78. The van der Waals surface area contributed by atoms with E-state index < -0.39 is 5.82 Å². The van der Waals surface area contributed by atoms with Crippen molar-refractivity contribution in [3.8, 4) is 6.07 Å². The highest BCUT2D eigenvalue weighted by Crippen LogP contribution is 2.08. The molecule has 6 heteroatoms. The van der Waals surface area contributed by atoms with Gasteiger partial charge in [0.1, 0.15) is 5.82 Å². The van der Waals surface area contributed by atoms with Gasteiger partial charge in [0, 0.05) is 19.5 Å². The third-order valence-electron chi connectivity index (χ3n) is 2.34. The molecule has 0 spiro atoms. The van der Waals surface area contributed by atoms with Crippen LogP contribution in [0.1, 0.15) is 17.0 Å². The van der Waals surface area contributed by atoms with Gasteiger partial charge in [-0.3, -0.25) is 0 Å². The van der Waals surface area contributed by atoms with E-state index in [0.29, 0.717) is 31.0 Å². The molecule has 0 fully saturated rings. The zero-order chi connectivity index (χ0) is 12.8. The van der Waals surface area contributed by atoms with E-state index in [1.807, 2.05) is 6.07 Å². The van der Waals surface area contributed by atoms with Crippen LogP contribution in [-0.2, 0) is 13.0 Å². The maximum atomic E-state index is 13.1. The van der Waals surface area contributed by atoms with Crippen molar-refractivity contribution in [1.82, 2.24) is 15.5 Å². The second kappa shape index (κ2) is 5.89. The Balaban J connectivity index is 1.83. The Kier molecular flexibility index (Phi) is 3.99. The average Bonchev–Trinajstić information content (AvgIpc) is 2.87. The molecule has 0 saturated carbocycles. The van der Waals surface area contributed by atoms with E-state index in [1.54, 1.807) is 6.07 Å². The normalized spacial score (nSPS) is 10.2. The summed E-state index contributed by atoms with van der Waals surface area (Å²) < 4.78 is 18.0. The molecule has 0 aliphatic rings. The van der Waals surface area contributed by atoms with Crippen LogP contribution in [0.25, 0.3) is 0 Å². The quantitative estimate of drug-likeness (QED) is 0.807. The van der Waals surface area contributed by atoms with Crippen LogP contribution in [0.15, 0.2) is 29.0 Å². The van der Waals surface area contributed by atoms with Gasteiger partial charge < -0.3 is 9.84 Å². The van der Waals surface area contributed by atoms with Crippen molar-refractivity contribution >= 4 is 0 Å². The molecule has 92 valence electrons. The minimum Gasteiger partial charge on any atom is -0.340 e. The minimum atomic E-state index is -0.400. The van der Waals surface area contributed by atoms with Crippen molar-refractivity contribution in [2.75, 3.05) is 6.54 Å². The van der Waals surface area contributed by atoms with Gasteiger partial charge in [0.05, 0.1) is 11.6 Å². The molecule has 0 aliphatic carbocycles. The molecule has 1 aromatic carbocycles. The molecule has 2 aromatic rings. The van der Waals surface area contributed by atoms with Crippen molar-refractivity contribution < 1.29 is 8.91 Å². The van der Waals surface area contributed by atoms with Gasteiger partial charge in [-0.2, -0.15) is 10.2 Å². The monoisotopic (exact) mass is 246 g/mol. The molecule has 0 amide bonds. The highest BCUT2D eigenvalue weighted by atomic mass is 19.1. The minimum absolute atomic E-state index is 0.323. The Hall–Kier alpha value is -2.26. The van der Waals surface area contributed by atoms with Gasteiger partial charge in [-0.15, -0.1) is 0 Å². The Morgan fingerprint density at radius 3 is 3.00 bits per heavy atom. The predicted molar refractivity (Wildman–Crippen MR) is 60.8 cm³/mol. The molecule has 0 aliphatic heterocycles. The number of hydrogen-bond acceptors (Lipinski definition) is 5. The van der Waals surface area contributed by atoms with Crippen LogP contribution in [0.3, 0.4) is 0 Å². The van der Waals surface area contributed by atoms with Gasteiger partial charge in [-0.25, -0.2) is 4.39 Å². The molecular weight excluding hydrogens is 235 g/mol. The van der Waals surface area contributed by atoms with Crippen molar-refractivity contribution in [2.24, 2.45) is 0 Å². The lowest BCUT2D eigenvalue weighted by Gasteiger charge is -2.04. The Bertz CT molecular complexity index is 548. The topological polar surface area (TPSA) is 74.7 Å². The van der Waals surface area contributed by atoms with Crippen molar-refractivity contribution in [3.05, 3.63) is 47.4 Å². The second-order valence-electron chi connectivity index (χ2n) is 3.72. The zero-order valence-corrected chi connectivity index (χ0v) is 9.56. The molecule has 1 aromatic heterocycles. The lowest BCUT2D eigenvalue weighted by atomic mass is 10.1. The summed E-state index contributed by atoms with van der Waals surface area (Å²) in [5, 5.41) is 15.3. The fraction of sp³-hybridized carbons (Fsp3) is 0.250. The largest absolute Gasteiger partial charge is 0.340 e. The van der Waals surface area contributed by atoms with E-state index in [9.17, 15) is 4.39 Å². The van der Waals surface area contributed by atoms with Gasteiger partial charge in [-0.1, -0.05) is 5.16 Å². The molecular formula is C12H11FN4O. The number of hydrogen-bond donors (Lipinski definition) is 1. The van der Waals surface area contributed by atoms with E-state index in [0.717, 1.165) is 5.56 Å². The zero-order valence-electron chi connectivity index (χ0n) is 9.56. The van der Waals surface area contributed by atoms with Crippen LogP contribution in [0.4, 0.5) is 4.39 Å². The number of aromatic nitrogens is 2. The maximum Gasteiger partial charge on any atom is 0.227 e. The standard InChI is InChI=1S/C12H11FN4O/c13-11-4-9(6-14)3-10(5-11)7-15-2-1-12-16-8-17-18-12/h3-5,8,15H,1-2,7H2. The predicted octanol–water partition coefficient (Wildman–Crippen LogP) is 1.41. The van der Waals surface area contributed by atoms with Crippen LogP contribution < -0.4 is 5.32 Å². The number of halogens is 1. The van der Waals surface area contributed by atoms with E-state index in [2.05, 4.69) is 15.5 Å². The van der Waals surface area contributed by atoms with E-state index >= 15 is 0 Å². The molecule has 5 nitrogen and oxygen atoms in total. The van der Waals surface area contributed by atoms with Crippen LogP contribution in [0.2, 0.25) is 0 Å². The number of rotatable bonds is 5. The van der Waals surface area contributed by atoms with E-state index in [4.69, 9.17) is 9.78 Å².